The molecule has 3 aromatic heterocycles. The van der Waals surface area contributed by atoms with E-state index in [0.29, 0.717) is 29.9 Å². The van der Waals surface area contributed by atoms with Crippen LogP contribution in [0.4, 0.5) is 15.3 Å². The number of benzene rings is 1. The first-order chi connectivity index (χ1) is 17.7. The van der Waals surface area contributed by atoms with Crippen LogP contribution in [-0.2, 0) is 23.1 Å². The van der Waals surface area contributed by atoms with E-state index in [1.807, 2.05) is 23.4 Å². The lowest BCUT2D eigenvalue weighted by molar-refractivity contribution is 0.281. The number of aryl methyl sites for hydroxylation is 1. The molecule has 8 nitrogen and oxygen atoms in total. The van der Waals surface area contributed by atoms with Crippen LogP contribution in [0.1, 0.15) is 42.5 Å². The third kappa shape index (κ3) is 5.00. The van der Waals surface area contributed by atoms with Gasteiger partial charge in [-0.15, -0.1) is 11.3 Å². The first-order valence-electron chi connectivity index (χ1n) is 12.2. The minimum atomic E-state index is -3.17. The highest BCUT2D eigenvalue weighted by Crippen LogP contribution is 2.36. The van der Waals surface area contributed by atoms with E-state index in [2.05, 4.69) is 23.6 Å². The molecule has 5 rings (SSSR count). The molecule has 4 heterocycles. The van der Waals surface area contributed by atoms with Crippen LogP contribution in [0.5, 0.6) is 0 Å². The molecule has 0 saturated carbocycles. The number of aromatic nitrogens is 3. The fourth-order valence-corrected chi connectivity index (χ4v) is 6.69. The van der Waals surface area contributed by atoms with Crippen LogP contribution in [0.3, 0.4) is 0 Å². The van der Waals surface area contributed by atoms with Crippen LogP contribution in [0.2, 0.25) is 0 Å². The zero-order valence-corrected chi connectivity index (χ0v) is 22.7. The Balaban J connectivity index is 1.48. The van der Waals surface area contributed by atoms with Gasteiger partial charge in [-0.2, -0.15) is 0 Å². The topological polar surface area (TPSA) is 91.0 Å². The Kier molecular flexibility index (Phi) is 7.06. The summed E-state index contributed by atoms with van der Waals surface area (Å²) >= 11 is 1.47. The number of piperidine rings is 1. The van der Waals surface area contributed by atoms with E-state index in [-0.39, 0.29) is 12.5 Å². The van der Waals surface area contributed by atoms with E-state index in [1.165, 1.54) is 29.7 Å². The van der Waals surface area contributed by atoms with Crippen molar-refractivity contribution in [1.29, 1.82) is 0 Å². The molecule has 4 aromatic rings. The summed E-state index contributed by atoms with van der Waals surface area (Å²) in [6.07, 6.45) is 5.68. The molecule has 0 spiro atoms. The van der Waals surface area contributed by atoms with Gasteiger partial charge < -0.3 is 10.0 Å². The molecule has 0 radical (unpaired) electrons. The molecule has 1 aliphatic rings. The number of fused-ring (bicyclic) bond motifs is 1. The number of hydrogen-bond donors (Lipinski definition) is 1. The lowest BCUT2D eigenvalue weighted by Gasteiger charge is -2.30. The number of nitrogens with zero attached hydrogens (tertiary/aromatic N) is 5. The molecule has 196 valence electrons. The molecule has 0 bridgehead atoms. The summed E-state index contributed by atoms with van der Waals surface area (Å²) in [5, 5.41) is 12.4. The van der Waals surface area contributed by atoms with Crippen molar-refractivity contribution in [2.45, 2.75) is 38.7 Å². The summed E-state index contributed by atoms with van der Waals surface area (Å²) in [4.78, 5) is 11.7. The van der Waals surface area contributed by atoms with Gasteiger partial charge in [-0.25, -0.2) is 27.1 Å². The van der Waals surface area contributed by atoms with Gasteiger partial charge in [0.05, 0.1) is 24.3 Å². The molecule has 1 N–H and O–H groups in total. The number of halogens is 1. The zero-order chi connectivity index (χ0) is 26.3. The molecule has 0 unspecified atom stereocenters. The van der Waals surface area contributed by atoms with E-state index < -0.39 is 15.8 Å². The fourth-order valence-electron chi connectivity index (χ4n) is 5.03. The van der Waals surface area contributed by atoms with E-state index in [9.17, 15) is 17.9 Å². The maximum absolute atomic E-state index is 13.7. The number of rotatable bonds is 7. The molecule has 1 fully saturated rings. The summed E-state index contributed by atoms with van der Waals surface area (Å²) in [5.74, 6) is 0.807. The van der Waals surface area contributed by atoms with Crippen molar-refractivity contribution < 1.29 is 17.9 Å². The Bertz CT molecular complexity index is 1540. The Morgan fingerprint density at radius 1 is 1.19 bits per heavy atom. The predicted molar refractivity (Wildman–Crippen MR) is 144 cm³/mol. The van der Waals surface area contributed by atoms with Crippen molar-refractivity contribution in [3.05, 3.63) is 64.5 Å². The molecule has 1 aromatic carbocycles. The maximum Gasteiger partial charge on any atom is 0.211 e. The van der Waals surface area contributed by atoms with Crippen LogP contribution >= 0.6 is 11.3 Å². The van der Waals surface area contributed by atoms with Crippen molar-refractivity contribution in [3.63, 3.8) is 0 Å². The van der Waals surface area contributed by atoms with Crippen molar-refractivity contribution >= 4 is 38.0 Å². The number of anilines is 2. The van der Waals surface area contributed by atoms with Gasteiger partial charge in [0.2, 0.25) is 10.0 Å². The van der Waals surface area contributed by atoms with Crippen LogP contribution < -0.4 is 4.90 Å². The number of aliphatic hydroxyl groups is 1. The zero-order valence-electron chi connectivity index (χ0n) is 21.1. The third-order valence-corrected chi connectivity index (χ3v) is 9.25. The van der Waals surface area contributed by atoms with Crippen molar-refractivity contribution in [1.82, 2.24) is 18.7 Å². The highest BCUT2D eigenvalue weighted by atomic mass is 32.2. The number of thiazole rings is 1. The van der Waals surface area contributed by atoms with Gasteiger partial charge in [0.25, 0.3) is 0 Å². The Morgan fingerprint density at radius 3 is 2.62 bits per heavy atom. The quantitative estimate of drug-likeness (QED) is 0.368. The summed E-state index contributed by atoms with van der Waals surface area (Å²) in [5.41, 5.74) is 4.83. The Morgan fingerprint density at radius 2 is 1.95 bits per heavy atom. The predicted octanol–water partition coefficient (Wildman–Crippen LogP) is 4.56. The molecule has 1 aliphatic heterocycles. The highest BCUT2D eigenvalue weighted by Gasteiger charge is 2.27. The van der Waals surface area contributed by atoms with Crippen molar-refractivity contribution in [3.8, 4) is 11.3 Å². The fraction of sp³-hybridized carbons (Fsp3) is 0.385. The number of aliphatic hydroxyl groups excluding tert-OH is 1. The molecule has 0 atom stereocenters. The van der Waals surface area contributed by atoms with E-state index in [4.69, 9.17) is 9.97 Å². The average Bonchev–Trinajstić information content (AvgIpc) is 3.52. The molecular formula is C26H30FN5O3S2. The van der Waals surface area contributed by atoms with Gasteiger partial charge in [-0.1, -0.05) is 13.0 Å². The molecular weight excluding hydrogens is 513 g/mol. The van der Waals surface area contributed by atoms with E-state index in [1.54, 1.807) is 10.4 Å². The maximum atomic E-state index is 13.7. The van der Waals surface area contributed by atoms with E-state index >= 15 is 0 Å². The third-order valence-electron chi connectivity index (χ3n) is 7.03. The average molecular weight is 544 g/mol. The summed E-state index contributed by atoms with van der Waals surface area (Å²) in [6.45, 7) is 2.86. The van der Waals surface area contributed by atoms with Gasteiger partial charge in [-0.05, 0) is 60.6 Å². The number of sulfonamides is 1. The highest BCUT2D eigenvalue weighted by molar-refractivity contribution is 7.88. The lowest BCUT2D eigenvalue weighted by Crippen LogP contribution is -2.37. The minimum absolute atomic E-state index is 0.269. The second kappa shape index (κ2) is 10.1. The summed E-state index contributed by atoms with van der Waals surface area (Å²) in [6, 6.07) is 8.47. The summed E-state index contributed by atoms with van der Waals surface area (Å²) in [7, 11) is -1.21. The van der Waals surface area contributed by atoms with Gasteiger partial charge in [-0.3, -0.25) is 4.40 Å². The van der Waals surface area contributed by atoms with Gasteiger partial charge in [0, 0.05) is 37.3 Å². The smallest absolute Gasteiger partial charge is 0.211 e. The van der Waals surface area contributed by atoms with Crippen LogP contribution in [0.25, 0.3) is 16.9 Å². The van der Waals surface area contributed by atoms with Crippen LogP contribution in [0.15, 0.2) is 41.9 Å². The number of imidazole rings is 1. The first-order valence-corrected chi connectivity index (χ1v) is 15.0. The molecule has 11 heteroatoms. The van der Waals surface area contributed by atoms with Crippen LogP contribution in [-0.4, -0.2) is 58.6 Å². The first kappa shape index (κ1) is 25.8. The second-order valence-electron chi connectivity index (χ2n) is 9.40. The van der Waals surface area contributed by atoms with Gasteiger partial charge >= 0.3 is 0 Å². The normalized spacial score (nSPS) is 15.5. The minimum Gasteiger partial charge on any atom is -0.392 e. The monoisotopic (exact) mass is 543 g/mol. The van der Waals surface area contributed by atoms with Crippen molar-refractivity contribution in [2.24, 2.45) is 0 Å². The Labute approximate surface area is 220 Å². The second-order valence-corrected chi connectivity index (χ2v) is 12.2. The van der Waals surface area contributed by atoms with Gasteiger partial charge in [0.15, 0.2) is 5.13 Å². The van der Waals surface area contributed by atoms with Gasteiger partial charge in [0.1, 0.15) is 17.3 Å². The standard InChI is InChI=1S/C26H30FN5O3S2/c1-4-22-25(30(2)26-29-23(16-36-26)21-7-6-20(27)13-19(21)15-33)32-14-18(5-8-24(32)28-22)17-9-11-31(12-10-17)37(3,34)35/h5-8,13-14,16-17,33H,4,9-12,15H2,1-3H3. The summed E-state index contributed by atoms with van der Waals surface area (Å²) < 4.78 is 41.1. The SMILES string of the molecule is CCc1nc2ccc(C3CCN(S(C)(=O)=O)CC3)cn2c1N(C)c1nc(-c2ccc(F)cc2CO)cs1. The molecule has 0 aliphatic carbocycles. The Hall–Kier alpha value is -2.86. The molecule has 37 heavy (non-hydrogen) atoms. The number of hydrogen-bond acceptors (Lipinski definition) is 7. The molecule has 0 amide bonds. The van der Waals surface area contributed by atoms with Crippen LogP contribution in [0, 0.1) is 5.82 Å². The lowest BCUT2D eigenvalue weighted by atomic mass is 9.91. The van der Waals surface area contributed by atoms with Crippen molar-refractivity contribution in [2.75, 3.05) is 31.3 Å². The molecule has 1 saturated heterocycles. The number of pyridine rings is 1. The van der Waals surface area contributed by atoms with E-state index in [0.717, 1.165) is 47.1 Å². The largest absolute Gasteiger partial charge is 0.392 e.